The van der Waals surface area contributed by atoms with E-state index in [1.54, 1.807) is 13.1 Å². The highest BCUT2D eigenvalue weighted by atomic mass is 16.6. The van der Waals surface area contributed by atoms with Gasteiger partial charge in [0.25, 0.3) is 0 Å². The number of anilines is 2. The molecule has 0 bridgehead atoms. The van der Waals surface area contributed by atoms with Crippen molar-refractivity contribution in [2.45, 2.75) is 24.9 Å². The number of nitrogen functional groups attached to an aromatic ring is 1. The number of nitrogens with two attached hydrogens (primary N) is 1. The number of likely N-dealkylation sites (N-methyl/N-ethyl adjacent to an activating group) is 1. The first-order valence-corrected chi connectivity index (χ1v) is 15.8. The molecule has 0 amide bonds. The third-order valence-electron chi connectivity index (χ3n) is 9.40. The fourth-order valence-electron chi connectivity index (χ4n) is 6.70. The monoisotopic (exact) mass is 676 g/mol. The molecule has 0 radical (unpaired) electrons. The van der Waals surface area contributed by atoms with E-state index in [-0.39, 0.29) is 68.7 Å². The van der Waals surface area contributed by atoms with E-state index in [1.807, 2.05) is 19.2 Å². The molecule has 252 valence electrons. The van der Waals surface area contributed by atoms with Crippen LogP contribution in [0.2, 0.25) is 0 Å². The van der Waals surface area contributed by atoms with E-state index in [9.17, 15) is 28.8 Å². The molecule has 14 nitrogen and oxygen atoms in total. The Hall–Kier alpha value is -6.28. The Balaban J connectivity index is 1.11. The maximum atomic E-state index is 13.3. The third-order valence-corrected chi connectivity index (χ3v) is 9.40. The molecule has 3 unspecified atom stereocenters. The van der Waals surface area contributed by atoms with Gasteiger partial charge in [-0.25, -0.2) is 28.8 Å². The zero-order chi connectivity index (χ0) is 35.0. The number of nitrogens with one attached hydrogen (secondary N) is 3. The number of cyclic esters (lactones) is 4. The Bertz CT molecular complexity index is 2180. The van der Waals surface area contributed by atoms with Crippen LogP contribution in [0.25, 0.3) is 5.57 Å². The van der Waals surface area contributed by atoms with Crippen LogP contribution in [0.3, 0.4) is 0 Å². The predicted octanol–water partition coefficient (Wildman–Crippen LogP) is 3.20. The Labute approximate surface area is 283 Å². The quantitative estimate of drug-likeness (QED) is 0.0846. The molecule has 2 fully saturated rings. The summed E-state index contributed by atoms with van der Waals surface area (Å²) < 4.78 is 21.0. The lowest BCUT2D eigenvalue weighted by Gasteiger charge is -2.21. The molecule has 3 aliphatic carbocycles. The van der Waals surface area contributed by atoms with E-state index in [4.69, 9.17) is 15.2 Å². The second-order valence-corrected chi connectivity index (χ2v) is 12.5. The summed E-state index contributed by atoms with van der Waals surface area (Å²) in [5.74, 6) is -4.46. The number of rotatable bonds is 9. The lowest BCUT2D eigenvalue weighted by molar-refractivity contribution is 0.0425. The van der Waals surface area contributed by atoms with E-state index in [0.29, 0.717) is 17.1 Å². The summed E-state index contributed by atoms with van der Waals surface area (Å²) in [6, 6.07) is 11.7. The first kappa shape index (κ1) is 31.0. The number of carbonyl (C=O) groups is 6. The van der Waals surface area contributed by atoms with Crippen molar-refractivity contribution in [3.8, 4) is 5.75 Å². The van der Waals surface area contributed by atoms with Gasteiger partial charge in [0.2, 0.25) is 0 Å². The third kappa shape index (κ3) is 5.08. The highest BCUT2D eigenvalue weighted by Crippen LogP contribution is 2.57. The topological polar surface area (TPSA) is 201 Å². The molecular weight excluding hydrogens is 648 g/mol. The summed E-state index contributed by atoms with van der Waals surface area (Å²) in [5.41, 5.74) is 9.77. The molecule has 14 heteroatoms. The highest BCUT2D eigenvalue weighted by molar-refractivity contribution is 6.16. The SMILES string of the molecule is CNC1=C(OC(=O)c2ccc3c(c2)C(=O)OC3=O)C2C(NC)C2C(c2cc(N)c(OC(=O)c3ccc4c(c3)C(=O)OC4=O)c(NC3CC3)c2)=C1. The standard InChI is InChI=1S/C36H28N4O10/c1-38-24-13-20(26-27(28(26)39-2)30(24)48-32(42)15-4-8-19-22(10-15)36(46)50-34(19)44)16-11-23(37)29(25(12-16)40-17-5-6-17)47-31(41)14-3-7-18-21(9-14)35(45)49-33(18)43/h3-4,7-13,17,26-28,38-40H,5-6,37H2,1-2H3. The van der Waals surface area contributed by atoms with Gasteiger partial charge in [-0.2, -0.15) is 0 Å². The molecule has 3 aromatic carbocycles. The van der Waals surface area contributed by atoms with Gasteiger partial charge in [-0.15, -0.1) is 0 Å². The minimum Gasteiger partial charge on any atom is -0.425 e. The predicted molar refractivity (Wildman–Crippen MR) is 174 cm³/mol. The van der Waals surface area contributed by atoms with Crippen LogP contribution in [-0.2, 0) is 14.2 Å². The van der Waals surface area contributed by atoms with Crippen molar-refractivity contribution < 1.29 is 47.7 Å². The molecular formula is C36H28N4O10. The number of fused-ring (bicyclic) bond motifs is 3. The second-order valence-electron chi connectivity index (χ2n) is 12.5. The maximum Gasteiger partial charge on any atom is 0.346 e. The Morgan fingerprint density at radius 2 is 1.34 bits per heavy atom. The highest BCUT2D eigenvalue weighted by Gasteiger charge is 2.57. The van der Waals surface area contributed by atoms with Crippen LogP contribution < -0.4 is 26.4 Å². The molecule has 3 atom stereocenters. The van der Waals surface area contributed by atoms with Crippen molar-refractivity contribution in [2.75, 3.05) is 25.1 Å². The molecule has 0 spiro atoms. The summed E-state index contributed by atoms with van der Waals surface area (Å²) in [7, 11) is 3.52. The van der Waals surface area contributed by atoms with Crippen molar-refractivity contribution in [1.82, 2.24) is 10.6 Å². The summed E-state index contributed by atoms with van der Waals surface area (Å²) in [4.78, 5) is 74.4. The van der Waals surface area contributed by atoms with Crippen molar-refractivity contribution in [1.29, 1.82) is 0 Å². The molecule has 8 rings (SSSR count). The number of hydrogen-bond acceptors (Lipinski definition) is 14. The lowest BCUT2D eigenvalue weighted by Crippen LogP contribution is -2.19. The van der Waals surface area contributed by atoms with Gasteiger partial charge in [0.15, 0.2) is 5.75 Å². The number of hydrogen-bond donors (Lipinski definition) is 4. The number of carbonyl (C=O) groups excluding carboxylic acids is 6. The second kappa shape index (κ2) is 11.4. The molecule has 2 aliphatic heterocycles. The fourth-order valence-corrected chi connectivity index (χ4v) is 6.70. The van der Waals surface area contributed by atoms with Gasteiger partial charge in [-0.05, 0) is 85.6 Å². The van der Waals surface area contributed by atoms with E-state index >= 15 is 0 Å². The average molecular weight is 677 g/mol. The first-order valence-electron chi connectivity index (χ1n) is 15.8. The summed E-state index contributed by atoms with van der Waals surface area (Å²) in [5, 5.41) is 9.83. The largest absolute Gasteiger partial charge is 0.425 e. The van der Waals surface area contributed by atoms with Crippen molar-refractivity contribution >= 4 is 52.8 Å². The summed E-state index contributed by atoms with van der Waals surface area (Å²) in [6.45, 7) is 0. The van der Waals surface area contributed by atoms with Gasteiger partial charge < -0.3 is 40.6 Å². The van der Waals surface area contributed by atoms with E-state index in [0.717, 1.165) is 24.0 Å². The number of esters is 6. The van der Waals surface area contributed by atoms with Gasteiger partial charge >= 0.3 is 35.8 Å². The Kier molecular flexibility index (Phi) is 7.08. The van der Waals surface area contributed by atoms with Crippen LogP contribution in [0.4, 0.5) is 11.4 Å². The van der Waals surface area contributed by atoms with Gasteiger partial charge in [0.05, 0.1) is 50.5 Å². The smallest absolute Gasteiger partial charge is 0.346 e. The number of benzene rings is 3. The van der Waals surface area contributed by atoms with E-state index in [2.05, 4.69) is 25.4 Å². The van der Waals surface area contributed by atoms with Crippen LogP contribution in [0, 0.1) is 11.8 Å². The summed E-state index contributed by atoms with van der Waals surface area (Å²) in [6.07, 6.45) is 3.74. The zero-order valence-corrected chi connectivity index (χ0v) is 26.6. The molecule has 3 aromatic rings. The summed E-state index contributed by atoms with van der Waals surface area (Å²) >= 11 is 0. The normalized spacial score (nSPS) is 21.4. The van der Waals surface area contributed by atoms with Crippen LogP contribution in [0.5, 0.6) is 5.75 Å². The first-order chi connectivity index (χ1) is 24.1. The molecule has 0 saturated heterocycles. The van der Waals surface area contributed by atoms with Gasteiger partial charge in [0.1, 0.15) is 5.76 Å². The van der Waals surface area contributed by atoms with Crippen molar-refractivity contribution in [3.05, 3.63) is 105 Å². The van der Waals surface area contributed by atoms with E-state index in [1.165, 1.54) is 36.4 Å². The van der Waals surface area contributed by atoms with Gasteiger partial charge in [-0.1, -0.05) is 0 Å². The Morgan fingerprint density at radius 3 is 1.90 bits per heavy atom. The maximum absolute atomic E-state index is 13.3. The molecule has 2 heterocycles. The number of ether oxygens (including phenoxy) is 4. The Morgan fingerprint density at radius 1 is 0.760 bits per heavy atom. The molecule has 50 heavy (non-hydrogen) atoms. The van der Waals surface area contributed by atoms with E-state index < -0.39 is 35.8 Å². The van der Waals surface area contributed by atoms with Crippen LogP contribution in [-0.4, -0.2) is 62.0 Å². The fraction of sp³-hybridized carbons (Fsp3) is 0.222. The minimum atomic E-state index is -0.834. The van der Waals surface area contributed by atoms with Crippen LogP contribution >= 0.6 is 0 Å². The van der Waals surface area contributed by atoms with Crippen LogP contribution in [0.15, 0.2) is 66.1 Å². The zero-order valence-electron chi connectivity index (χ0n) is 26.6. The molecule has 5 N–H and O–H groups in total. The molecule has 0 aromatic heterocycles. The molecule has 5 aliphatic rings. The van der Waals surface area contributed by atoms with Crippen LogP contribution in [0.1, 0.15) is 80.6 Å². The van der Waals surface area contributed by atoms with Gasteiger partial charge in [0, 0.05) is 31.0 Å². The molecule has 2 saturated carbocycles. The minimum absolute atomic E-state index is 0.00582. The van der Waals surface area contributed by atoms with Gasteiger partial charge in [-0.3, -0.25) is 0 Å². The number of allylic oxidation sites excluding steroid dienone is 1. The average Bonchev–Trinajstić information content (AvgIpc) is 4.02. The van der Waals surface area contributed by atoms with Crippen molar-refractivity contribution in [2.24, 2.45) is 11.8 Å². The lowest BCUT2D eigenvalue weighted by atomic mass is 9.93. The van der Waals surface area contributed by atoms with Crippen molar-refractivity contribution in [3.63, 3.8) is 0 Å².